The van der Waals surface area contributed by atoms with Gasteiger partial charge in [-0.2, -0.15) is 13.2 Å². The molecule has 0 saturated carbocycles. The highest BCUT2D eigenvalue weighted by atomic mass is 19.4. The highest BCUT2D eigenvalue weighted by Gasteiger charge is 2.32. The van der Waals surface area contributed by atoms with Crippen molar-refractivity contribution in [3.05, 3.63) is 35.1 Å². The molecule has 1 heterocycles. The van der Waals surface area contributed by atoms with E-state index in [1.807, 2.05) is 6.92 Å². The van der Waals surface area contributed by atoms with Gasteiger partial charge in [0.05, 0.1) is 5.56 Å². The second-order valence-electron chi connectivity index (χ2n) is 5.37. The molecule has 0 unspecified atom stereocenters. The largest absolute Gasteiger partial charge is 0.416 e. The molecule has 1 fully saturated rings. The summed E-state index contributed by atoms with van der Waals surface area (Å²) in [4.78, 5) is 0. The first-order chi connectivity index (χ1) is 9.28. The predicted octanol–water partition coefficient (Wildman–Crippen LogP) is 3.50. The predicted molar refractivity (Wildman–Crippen MR) is 66.7 cm³/mol. The van der Waals surface area contributed by atoms with E-state index in [1.165, 1.54) is 0 Å². The van der Waals surface area contributed by atoms with Crippen molar-refractivity contribution in [2.75, 3.05) is 13.2 Å². The van der Waals surface area contributed by atoms with Crippen LogP contribution in [0.25, 0.3) is 0 Å². The molecule has 1 saturated heterocycles. The third-order valence-corrected chi connectivity index (χ3v) is 3.60. The molecule has 1 aliphatic heterocycles. The zero-order valence-corrected chi connectivity index (χ0v) is 11.2. The van der Waals surface area contributed by atoms with Crippen LogP contribution in [0.3, 0.4) is 0 Å². The average molecular weight is 291 g/mol. The van der Waals surface area contributed by atoms with Gasteiger partial charge in [0.15, 0.2) is 0 Å². The van der Waals surface area contributed by atoms with E-state index in [1.54, 1.807) is 0 Å². The molecule has 0 spiro atoms. The lowest BCUT2D eigenvalue weighted by molar-refractivity contribution is -0.137. The Bertz CT molecular complexity index is 467. The molecule has 2 nitrogen and oxygen atoms in total. The summed E-state index contributed by atoms with van der Waals surface area (Å²) in [7, 11) is 0. The molecule has 1 aliphatic rings. The number of hydrogen-bond donors (Lipinski definition) is 1. The van der Waals surface area contributed by atoms with Gasteiger partial charge in [0.2, 0.25) is 0 Å². The SMILES string of the molecule is CC1(NCc2cc(F)cc(C(F)(F)F)c2)CCOCC1. The minimum Gasteiger partial charge on any atom is -0.381 e. The van der Waals surface area contributed by atoms with E-state index in [9.17, 15) is 17.6 Å². The molecule has 1 aromatic carbocycles. The van der Waals surface area contributed by atoms with E-state index in [-0.39, 0.29) is 12.1 Å². The Kier molecular flexibility index (Phi) is 4.34. The Labute approximate surface area is 115 Å². The maximum atomic E-state index is 13.3. The van der Waals surface area contributed by atoms with Crippen LogP contribution in [0.1, 0.15) is 30.9 Å². The summed E-state index contributed by atoms with van der Waals surface area (Å²) in [6.45, 7) is 3.46. The van der Waals surface area contributed by atoms with E-state index in [0.717, 1.165) is 25.0 Å². The summed E-state index contributed by atoms with van der Waals surface area (Å²) >= 11 is 0. The van der Waals surface area contributed by atoms with Crippen molar-refractivity contribution in [1.29, 1.82) is 0 Å². The normalized spacial score (nSPS) is 19.1. The number of alkyl halides is 3. The Morgan fingerprint density at radius 1 is 1.20 bits per heavy atom. The average Bonchev–Trinajstić information content (AvgIpc) is 2.36. The van der Waals surface area contributed by atoms with Crippen LogP contribution in [0.4, 0.5) is 17.6 Å². The number of rotatable bonds is 3. The van der Waals surface area contributed by atoms with Gasteiger partial charge < -0.3 is 10.1 Å². The van der Waals surface area contributed by atoms with Crippen molar-refractivity contribution in [2.24, 2.45) is 0 Å². The molecule has 0 bridgehead atoms. The minimum atomic E-state index is -4.53. The highest BCUT2D eigenvalue weighted by Crippen LogP contribution is 2.30. The summed E-state index contributed by atoms with van der Waals surface area (Å²) < 4.78 is 56.4. The number of ether oxygens (including phenoxy) is 1. The van der Waals surface area contributed by atoms with Crippen LogP contribution in [0.5, 0.6) is 0 Å². The smallest absolute Gasteiger partial charge is 0.381 e. The van der Waals surface area contributed by atoms with Crippen molar-refractivity contribution in [2.45, 2.75) is 38.0 Å². The molecule has 1 aromatic rings. The maximum absolute atomic E-state index is 13.3. The van der Waals surface area contributed by atoms with E-state index in [0.29, 0.717) is 24.8 Å². The van der Waals surface area contributed by atoms with Gasteiger partial charge in [0.1, 0.15) is 5.82 Å². The van der Waals surface area contributed by atoms with Gasteiger partial charge in [-0.25, -0.2) is 4.39 Å². The molecule has 112 valence electrons. The molecule has 0 aromatic heterocycles. The second kappa shape index (κ2) is 5.69. The molecule has 0 amide bonds. The Morgan fingerprint density at radius 2 is 1.85 bits per heavy atom. The molecule has 0 aliphatic carbocycles. The lowest BCUT2D eigenvalue weighted by Crippen LogP contribution is -2.46. The van der Waals surface area contributed by atoms with Crippen LogP contribution < -0.4 is 5.32 Å². The zero-order valence-electron chi connectivity index (χ0n) is 11.2. The Hall–Kier alpha value is -1.14. The minimum absolute atomic E-state index is 0.178. The molecule has 0 atom stereocenters. The third kappa shape index (κ3) is 3.93. The van der Waals surface area contributed by atoms with Crippen molar-refractivity contribution < 1.29 is 22.3 Å². The summed E-state index contributed by atoms with van der Waals surface area (Å²) in [5.74, 6) is -0.867. The van der Waals surface area contributed by atoms with Crippen molar-refractivity contribution in [1.82, 2.24) is 5.32 Å². The molecule has 2 rings (SSSR count). The highest BCUT2D eigenvalue weighted by molar-refractivity contribution is 5.27. The first kappa shape index (κ1) is 15.3. The molecule has 20 heavy (non-hydrogen) atoms. The van der Waals surface area contributed by atoms with Gasteiger partial charge in [0.25, 0.3) is 0 Å². The van der Waals surface area contributed by atoms with Gasteiger partial charge in [0, 0.05) is 25.3 Å². The summed E-state index contributed by atoms with van der Waals surface area (Å²) in [5.41, 5.74) is -0.834. The number of hydrogen-bond acceptors (Lipinski definition) is 2. The van der Waals surface area contributed by atoms with Gasteiger partial charge in [-0.1, -0.05) is 0 Å². The second-order valence-corrected chi connectivity index (χ2v) is 5.37. The van der Waals surface area contributed by atoms with E-state index >= 15 is 0 Å². The first-order valence-corrected chi connectivity index (χ1v) is 6.48. The van der Waals surface area contributed by atoms with E-state index in [4.69, 9.17) is 4.74 Å². The molecule has 1 N–H and O–H groups in total. The van der Waals surface area contributed by atoms with E-state index < -0.39 is 17.6 Å². The molecular formula is C14H17F4NO. The summed E-state index contributed by atoms with van der Waals surface area (Å²) in [6, 6.07) is 2.63. The van der Waals surface area contributed by atoms with Gasteiger partial charge >= 0.3 is 6.18 Å². The Balaban J connectivity index is 2.07. The van der Waals surface area contributed by atoms with Crippen molar-refractivity contribution >= 4 is 0 Å². The van der Waals surface area contributed by atoms with Crippen molar-refractivity contribution in [3.8, 4) is 0 Å². The first-order valence-electron chi connectivity index (χ1n) is 6.48. The fourth-order valence-corrected chi connectivity index (χ4v) is 2.23. The summed E-state index contributed by atoms with van der Waals surface area (Å²) in [6.07, 6.45) is -2.96. The van der Waals surface area contributed by atoms with Gasteiger partial charge in [-0.15, -0.1) is 0 Å². The van der Waals surface area contributed by atoms with E-state index in [2.05, 4.69) is 5.32 Å². The van der Waals surface area contributed by atoms with Crippen LogP contribution in [0.2, 0.25) is 0 Å². The molecule has 0 radical (unpaired) electrons. The number of halogens is 4. The molecule has 6 heteroatoms. The molecular weight excluding hydrogens is 274 g/mol. The number of nitrogens with one attached hydrogen (secondary N) is 1. The van der Waals surface area contributed by atoms with Gasteiger partial charge in [-0.3, -0.25) is 0 Å². The van der Waals surface area contributed by atoms with Gasteiger partial charge in [-0.05, 0) is 43.5 Å². The zero-order chi connectivity index (χ0) is 14.8. The standard InChI is InChI=1S/C14H17F4NO/c1-13(2-4-20-5-3-13)19-9-10-6-11(14(16,17)18)8-12(15)7-10/h6-8,19H,2-5,9H2,1H3. The van der Waals surface area contributed by atoms with Crippen LogP contribution >= 0.6 is 0 Å². The topological polar surface area (TPSA) is 21.3 Å². The monoisotopic (exact) mass is 291 g/mol. The van der Waals surface area contributed by atoms with Crippen molar-refractivity contribution in [3.63, 3.8) is 0 Å². The number of benzene rings is 1. The quantitative estimate of drug-likeness (QED) is 0.861. The maximum Gasteiger partial charge on any atom is 0.416 e. The fraction of sp³-hybridized carbons (Fsp3) is 0.571. The van der Waals surface area contributed by atoms with Crippen LogP contribution in [0.15, 0.2) is 18.2 Å². The summed E-state index contributed by atoms with van der Waals surface area (Å²) in [5, 5.41) is 3.21. The lowest BCUT2D eigenvalue weighted by Gasteiger charge is -2.34. The Morgan fingerprint density at radius 3 is 2.45 bits per heavy atom. The van der Waals surface area contributed by atoms with Crippen LogP contribution in [0, 0.1) is 5.82 Å². The van der Waals surface area contributed by atoms with Crippen LogP contribution in [-0.4, -0.2) is 18.8 Å². The fourth-order valence-electron chi connectivity index (χ4n) is 2.23. The third-order valence-electron chi connectivity index (χ3n) is 3.60. The lowest BCUT2D eigenvalue weighted by atomic mass is 9.92. The van der Waals surface area contributed by atoms with Crippen LogP contribution in [-0.2, 0) is 17.5 Å².